The van der Waals surface area contributed by atoms with Gasteiger partial charge in [0, 0.05) is 17.5 Å². The summed E-state index contributed by atoms with van der Waals surface area (Å²) in [5.74, 6) is 1.00. The summed E-state index contributed by atoms with van der Waals surface area (Å²) in [5.41, 5.74) is 1.28. The highest BCUT2D eigenvalue weighted by Crippen LogP contribution is 2.19. The van der Waals surface area contributed by atoms with Gasteiger partial charge < -0.3 is 4.98 Å². The number of aromatic amines is 1. The van der Waals surface area contributed by atoms with Crippen LogP contribution in [0.5, 0.6) is 0 Å². The molecule has 0 aliphatic carbocycles. The van der Waals surface area contributed by atoms with E-state index in [1.807, 2.05) is 6.07 Å². The van der Waals surface area contributed by atoms with Gasteiger partial charge in [-0.3, -0.25) is 0 Å². The van der Waals surface area contributed by atoms with Crippen molar-refractivity contribution >= 4 is 12.2 Å². The Morgan fingerprint density at radius 1 is 1.43 bits per heavy atom. The first kappa shape index (κ1) is 11.4. The highest BCUT2D eigenvalue weighted by molar-refractivity contribution is 7.71. The van der Waals surface area contributed by atoms with Gasteiger partial charge in [-0.2, -0.15) is 0 Å². The fourth-order valence-corrected chi connectivity index (χ4v) is 1.50. The summed E-state index contributed by atoms with van der Waals surface area (Å²) < 4.78 is 0.692. The lowest BCUT2D eigenvalue weighted by Crippen LogP contribution is -2.15. The Bertz CT molecular complexity index is 360. The molecule has 14 heavy (non-hydrogen) atoms. The summed E-state index contributed by atoms with van der Waals surface area (Å²) in [4.78, 5) is 7.64. The lowest BCUT2D eigenvalue weighted by atomic mass is 9.92. The minimum atomic E-state index is 0.110. The molecule has 0 aliphatic rings. The van der Waals surface area contributed by atoms with Gasteiger partial charge in [0.25, 0.3) is 0 Å². The lowest BCUT2D eigenvalue weighted by molar-refractivity contribution is 0.560. The predicted octanol–water partition coefficient (Wildman–Crippen LogP) is 3.39. The van der Waals surface area contributed by atoms with Crippen LogP contribution in [-0.4, -0.2) is 9.97 Å². The van der Waals surface area contributed by atoms with Gasteiger partial charge in [-0.15, -0.1) is 0 Å². The molecule has 1 aromatic rings. The van der Waals surface area contributed by atoms with E-state index in [0.717, 1.165) is 18.7 Å². The molecule has 1 rings (SSSR count). The van der Waals surface area contributed by atoms with Crippen molar-refractivity contribution in [2.24, 2.45) is 0 Å². The lowest BCUT2D eigenvalue weighted by Gasteiger charge is -2.19. The number of hydrogen-bond donors (Lipinski definition) is 1. The average molecular weight is 210 g/mol. The maximum Gasteiger partial charge on any atom is 0.130 e. The van der Waals surface area contributed by atoms with Crippen LogP contribution in [0.15, 0.2) is 6.07 Å². The van der Waals surface area contributed by atoms with Gasteiger partial charge in [-0.1, -0.05) is 39.9 Å². The van der Waals surface area contributed by atoms with Crippen LogP contribution in [-0.2, 0) is 11.8 Å². The van der Waals surface area contributed by atoms with Crippen LogP contribution in [0.2, 0.25) is 0 Å². The van der Waals surface area contributed by atoms with Gasteiger partial charge in [-0.25, -0.2) is 4.98 Å². The van der Waals surface area contributed by atoms with Gasteiger partial charge in [0.2, 0.25) is 0 Å². The summed E-state index contributed by atoms with van der Waals surface area (Å²) in [7, 11) is 0. The Labute approximate surface area is 90.8 Å². The van der Waals surface area contributed by atoms with Crippen LogP contribution < -0.4 is 0 Å². The maximum atomic E-state index is 5.14. The Morgan fingerprint density at radius 2 is 2.07 bits per heavy atom. The van der Waals surface area contributed by atoms with Gasteiger partial charge in [0.1, 0.15) is 10.5 Å². The summed E-state index contributed by atoms with van der Waals surface area (Å²) in [6.45, 7) is 8.65. The molecule has 0 radical (unpaired) electrons. The Morgan fingerprint density at radius 3 is 2.57 bits per heavy atom. The molecule has 0 spiro atoms. The van der Waals surface area contributed by atoms with Gasteiger partial charge in [-0.05, 0) is 12.5 Å². The van der Waals surface area contributed by atoms with E-state index in [0.29, 0.717) is 4.64 Å². The van der Waals surface area contributed by atoms with Crippen LogP contribution in [0.25, 0.3) is 0 Å². The van der Waals surface area contributed by atoms with Crippen LogP contribution in [0, 0.1) is 4.64 Å². The SMILES string of the molecule is CCCc1nc(=S)cc(C(C)(C)C)[nH]1. The van der Waals surface area contributed by atoms with Crippen molar-refractivity contribution in [2.45, 2.75) is 46.0 Å². The molecule has 1 heterocycles. The topological polar surface area (TPSA) is 28.7 Å². The van der Waals surface area contributed by atoms with Crippen LogP contribution in [0.1, 0.15) is 45.6 Å². The second-order valence-corrected chi connectivity index (χ2v) is 5.00. The largest absolute Gasteiger partial charge is 0.347 e. The third-order valence-electron chi connectivity index (χ3n) is 2.09. The third-order valence-corrected chi connectivity index (χ3v) is 2.30. The molecule has 78 valence electrons. The van der Waals surface area contributed by atoms with Gasteiger partial charge in [0.05, 0.1) is 0 Å². The maximum absolute atomic E-state index is 5.14. The summed E-state index contributed by atoms with van der Waals surface area (Å²) in [6, 6.07) is 1.95. The molecule has 0 aliphatic heterocycles. The predicted molar refractivity (Wildman–Crippen MR) is 62.1 cm³/mol. The minimum Gasteiger partial charge on any atom is -0.347 e. The van der Waals surface area contributed by atoms with E-state index in [1.54, 1.807) is 0 Å². The first-order valence-corrected chi connectivity index (χ1v) is 5.45. The zero-order valence-electron chi connectivity index (χ0n) is 9.35. The van der Waals surface area contributed by atoms with E-state index in [9.17, 15) is 0 Å². The molecule has 0 fully saturated rings. The van der Waals surface area contributed by atoms with E-state index in [4.69, 9.17) is 12.2 Å². The summed E-state index contributed by atoms with van der Waals surface area (Å²) in [6.07, 6.45) is 2.05. The Balaban J connectivity index is 3.14. The molecule has 0 aromatic carbocycles. The molecule has 0 saturated heterocycles. The molecule has 3 heteroatoms. The van der Waals surface area contributed by atoms with Gasteiger partial charge in [0.15, 0.2) is 0 Å². The highest BCUT2D eigenvalue weighted by atomic mass is 32.1. The Hall–Kier alpha value is -0.700. The summed E-state index contributed by atoms with van der Waals surface area (Å²) in [5, 5.41) is 0. The minimum absolute atomic E-state index is 0.110. The fourth-order valence-electron chi connectivity index (χ4n) is 1.27. The van der Waals surface area contributed by atoms with Crippen molar-refractivity contribution < 1.29 is 0 Å². The molecule has 0 atom stereocenters. The second kappa shape index (κ2) is 4.22. The quantitative estimate of drug-likeness (QED) is 0.758. The molecular weight excluding hydrogens is 192 g/mol. The van der Waals surface area contributed by atoms with Gasteiger partial charge >= 0.3 is 0 Å². The fraction of sp³-hybridized carbons (Fsp3) is 0.636. The van der Waals surface area contributed by atoms with E-state index in [2.05, 4.69) is 37.7 Å². The number of nitrogens with zero attached hydrogens (tertiary/aromatic N) is 1. The van der Waals surface area contributed by atoms with Crippen molar-refractivity contribution in [2.75, 3.05) is 0 Å². The van der Waals surface area contributed by atoms with Crippen LogP contribution in [0.4, 0.5) is 0 Å². The standard InChI is InChI=1S/C11H18N2S/c1-5-6-9-12-8(11(2,3)4)7-10(14)13-9/h7H,5-6H2,1-4H3,(H,12,13,14). The molecule has 2 nitrogen and oxygen atoms in total. The average Bonchev–Trinajstić information content (AvgIpc) is 2.02. The number of aryl methyl sites for hydroxylation is 1. The van der Waals surface area contributed by atoms with Crippen molar-refractivity contribution in [3.63, 3.8) is 0 Å². The number of hydrogen-bond acceptors (Lipinski definition) is 2. The molecule has 1 N–H and O–H groups in total. The van der Waals surface area contributed by atoms with Crippen molar-refractivity contribution in [3.05, 3.63) is 22.2 Å². The monoisotopic (exact) mass is 210 g/mol. The number of aromatic nitrogens is 2. The number of rotatable bonds is 2. The molecular formula is C11H18N2S. The molecule has 1 aromatic heterocycles. The number of H-pyrrole nitrogens is 1. The van der Waals surface area contributed by atoms with Crippen LogP contribution in [0.3, 0.4) is 0 Å². The first-order chi connectivity index (χ1) is 6.43. The van der Waals surface area contributed by atoms with E-state index in [-0.39, 0.29) is 5.41 Å². The van der Waals surface area contributed by atoms with E-state index in [1.165, 1.54) is 5.69 Å². The first-order valence-electron chi connectivity index (χ1n) is 5.04. The normalized spacial score (nSPS) is 11.7. The summed E-state index contributed by atoms with van der Waals surface area (Å²) >= 11 is 5.14. The Kier molecular flexibility index (Phi) is 3.43. The highest BCUT2D eigenvalue weighted by Gasteiger charge is 2.14. The zero-order valence-corrected chi connectivity index (χ0v) is 10.2. The second-order valence-electron chi connectivity index (χ2n) is 4.58. The smallest absolute Gasteiger partial charge is 0.130 e. The third kappa shape index (κ3) is 2.91. The molecule has 0 bridgehead atoms. The molecule has 0 saturated carbocycles. The molecule has 0 amide bonds. The van der Waals surface area contributed by atoms with Crippen LogP contribution >= 0.6 is 12.2 Å². The number of nitrogens with one attached hydrogen (secondary N) is 1. The van der Waals surface area contributed by atoms with E-state index < -0.39 is 0 Å². The van der Waals surface area contributed by atoms with Crippen molar-refractivity contribution in [1.82, 2.24) is 9.97 Å². The zero-order chi connectivity index (χ0) is 10.8. The van der Waals surface area contributed by atoms with Crippen molar-refractivity contribution in [3.8, 4) is 0 Å². The van der Waals surface area contributed by atoms with Crippen molar-refractivity contribution in [1.29, 1.82) is 0 Å². The van der Waals surface area contributed by atoms with E-state index >= 15 is 0 Å². The molecule has 0 unspecified atom stereocenters.